The Balaban J connectivity index is 1.95. The van der Waals surface area contributed by atoms with Gasteiger partial charge in [0.1, 0.15) is 12.0 Å². The van der Waals surface area contributed by atoms with Crippen molar-refractivity contribution in [3.8, 4) is 0 Å². The fourth-order valence-electron chi connectivity index (χ4n) is 1.92. The molecule has 7 heteroatoms. The lowest BCUT2D eigenvalue weighted by Gasteiger charge is -2.30. The van der Waals surface area contributed by atoms with E-state index in [9.17, 15) is 0 Å². The number of likely N-dealkylation sites (N-methyl/N-ethyl adjacent to an activating group) is 1. The summed E-state index contributed by atoms with van der Waals surface area (Å²) in [6, 6.07) is 0. The van der Waals surface area contributed by atoms with Crippen molar-refractivity contribution in [1.29, 1.82) is 0 Å². The summed E-state index contributed by atoms with van der Waals surface area (Å²) in [5.74, 6) is 0.703. The number of nitrogens with zero attached hydrogens (tertiary/aromatic N) is 3. The molecule has 1 aromatic rings. The molecule has 0 aromatic carbocycles. The molecule has 100 valence electrons. The number of ether oxygens (including phenoxy) is 1. The maximum Gasteiger partial charge on any atom is 0.157 e. The first kappa shape index (κ1) is 13.3. The fraction of sp³-hybridized carbons (Fsp3) is 0.636. The molecule has 1 aromatic heterocycles. The fourth-order valence-corrected chi connectivity index (χ4v) is 2.15. The molecule has 0 aliphatic carbocycles. The molecule has 2 heterocycles. The Hall–Kier alpha value is -1.11. The predicted octanol–water partition coefficient (Wildman–Crippen LogP) is 0.914. The highest BCUT2D eigenvalue weighted by Crippen LogP contribution is 2.25. The van der Waals surface area contributed by atoms with Gasteiger partial charge >= 0.3 is 0 Å². The van der Waals surface area contributed by atoms with Crippen LogP contribution >= 0.6 is 11.6 Å². The number of halogens is 1. The molecule has 0 amide bonds. The highest BCUT2D eigenvalue weighted by molar-refractivity contribution is 6.32. The van der Waals surface area contributed by atoms with Crippen LogP contribution in [0, 0.1) is 0 Å². The number of anilines is 2. The van der Waals surface area contributed by atoms with Crippen molar-refractivity contribution in [1.82, 2.24) is 14.9 Å². The highest BCUT2D eigenvalue weighted by Gasteiger charge is 2.18. The highest BCUT2D eigenvalue weighted by atomic mass is 35.5. The maximum absolute atomic E-state index is 5.98. The monoisotopic (exact) mass is 271 g/mol. The molecule has 0 bridgehead atoms. The average molecular weight is 272 g/mol. The normalized spacial score (nSPS) is 20.7. The third-order valence-electron chi connectivity index (χ3n) is 2.89. The van der Waals surface area contributed by atoms with Gasteiger partial charge in [-0.2, -0.15) is 0 Å². The van der Waals surface area contributed by atoms with Crippen LogP contribution < -0.4 is 10.6 Å². The zero-order valence-electron chi connectivity index (χ0n) is 10.6. The van der Waals surface area contributed by atoms with Crippen molar-refractivity contribution >= 4 is 23.1 Å². The molecule has 0 radical (unpaired) electrons. The Labute approximate surface area is 112 Å². The number of morpholine rings is 1. The third kappa shape index (κ3) is 3.22. The molecule has 1 unspecified atom stereocenters. The van der Waals surface area contributed by atoms with Crippen molar-refractivity contribution in [2.45, 2.75) is 6.10 Å². The predicted molar refractivity (Wildman–Crippen MR) is 72.3 cm³/mol. The van der Waals surface area contributed by atoms with Crippen LogP contribution in [-0.2, 0) is 4.74 Å². The van der Waals surface area contributed by atoms with Crippen LogP contribution in [0.25, 0.3) is 0 Å². The summed E-state index contributed by atoms with van der Waals surface area (Å²) < 4.78 is 5.67. The van der Waals surface area contributed by atoms with Crippen LogP contribution in [0.1, 0.15) is 0 Å². The Morgan fingerprint density at radius 1 is 1.56 bits per heavy atom. The van der Waals surface area contributed by atoms with Crippen molar-refractivity contribution in [3.05, 3.63) is 11.5 Å². The van der Waals surface area contributed by atoms with E-state index in [2.05, 4.69) is 32.5 Å². The minimum Gasteiger partial charge on any atom is -0.383 e. The van der Waals surface area contributed by atoms with Gasteiger partial charge in [0.2, 0.25) is 0 Å². The van der Waals surface area contributed by atoms with E-state index in [1.807, 2.05) is 0 Å². The quantitative estimate of drug-likeness (QED) is 0.794. The molecule has 1 atom stereocenters. The molecule has 0 saturated carbocycles. The second-order valence-corrected chi connectivity index (χ2v) is 4.63. The summed E-state index contributed by atoms with van der Waals surface area (Å²) in [7, 11) is 3.89. The lowest BCUT2D eigenvalue weighted by Crippen LogP contribution is -2.43. The topological polar surface area (TPSA) is 62.3 Å². The lowest BCUT2D eigenvalue weighted by atomic mass is 10.3. The molecular weight excluding hydrogens is 254 g/mol. The Kier molecular flexibility index (Phi) is 4.57. The van der Waals surface area contributed by atoms with E-state index in [1.54, 1.807) is 7.05 Å². The number of hydrogen-bond donors (Lipinski definition) is 2. The Morgan fingerprint density at radius 3 is 3.11 bits per heavy atom. The number of nitrogens with one attached hydrogen (secondary N) is 2. The molecule has 1 aliphatic heterocycles. The van der Waals surface area contributed by atoms with Gasteiger partial charge in [-0.15, -0.1) is 0 Å². The molecule has 2 rings (SSSR count). The van der Waals surface area contributed by atoms with E-state index in [0.29, 0.717) is 23.2 Å². The maximum atomic E-state index is 5.98. The van der Waals surface area contributed by atoms with E-state index in [-0.39, 0.29) is 6.10 Å². The van der Waals surface area contributed by atoms with E-state index >= 15 is 0 Å². The summed E-state index contributed by atoms with van der Waals surface area (Å²) in [5, 5.41) is 6.65. The SMILES string of the molecule is CNc1c(Cl)ncnc1NCC1CN(C)CCO1. The Morgan fingerprint density at radius 2 is 2.39 bits per heavy atom. The summed E-state index contributed by atoms with van der Waals surface area (Å²) in [4.78, 5) is 10.4. The van der Waals surface area contributed by atoms with Gasteiger partial charge in [-0.05, 0) is 7.05 Å². The lowest BCUT2D eigenvalue weighted by molar-refractivity contribution is -0.0117. The first-order valence-corrected chi connectivity index (χ1v) is 6.30. The van der Waals surface area contributed by atoms with Crippen LogP contribution in [0.3, 0.4) is 0 Å². The molecule has 1 fully saturated rings. The smallest absolute Gasteiger partial charge is 0.157 e. The summed E-state index contributed by atoms with van der Waals surface area (Å²) >= 11 is 5.98. The number of hydrogen-bond acceptors (Lipinski definition) is 6. The number of aromatic nitrogens is 2. The van der Waals surface area contributed by atoms with E-state index in [4.69, 9.17) is 16.3 Å². The molecule has 1 saturated heterocycles. The van der Waals surface area contributed by atoms with Crippen molar-refractivity contribution in [2.24, 2.45) is 0 Å². The van der Waals surface area contributed by atoms with Gasteiger partial charge in [-0.25, -0.2) is 9.97 Å². The van der Waals surface area contributed by atoms with Crippen molar-refractivity contribution in [3.63, 3.8) is 0 Å². The first-order chi connectivity index (χ1) is 8.70. The Bertz CT molecular complexity index is 403. The second kappa shape index (κ2) is 6.17. The zero-order valence-corrected chi connectivity index (χ0v) is 11.4. The molecule has 0 spiro atoms. The van der Waals surface area contributed by atoms with Gasteiger partial charge in [0.05, 0.1) is 12.7 Å². The van der Waals surface area contributed by atoms with Crippen LogP contribution in [0.15, 0.2) is 6.33 Å². The average Bonchev–Trinajstić information content (AvgIpc) is 2.36. The zero-order chi connectivity index (χ0) is 13.0. The van der Waals surface area contributed by atoms with Crippen LogP contribution in [-0.4, -0.2) is 61.3 Å². The third-order valence-corrected chi connectivity index (χ3v) is 3.18. The molecule has 6 nitrogen and oxygen atoms in total. The molecule has 2 N–H and O–H groups in total. The summed E-state index contributed by atoms with van der Waals surface area (Å²) in [6.45, 7) is 3.37. The van der Waals surface area contributed by atoms with Crippen molar-refractivity contribution in [2.75, 3.05) is 51.0 Å². The molecule has 1 aliphatic rings. The van der Waals surface area contributed by atoms with Gasteiger partial charge in [0, 0.05) is 26.7 Å². The summed E-state index contributed by atoms with van der Waals surface area (Å²) in [5.41, 5.74) is 0.711. The van der Waals surface area contributed by atoms with Crippen molar-refractivity contribution < 1.29 is 4.74 Å². The van der Waals surface area contributed by atoms with Crippen LogP contribution in [0.2, 0.25) is 5.15 Å². The molecule has 18 heavy (non-hydrogen) atoms. The van der Waals surface area contributed by atoms with Gasteiger partial charge < -0.3 is 20.3 Å². The number of rotatable bonds is 4. The molecular formula is C11H18ClN5O. The standard InChI is InChI=1S/C11H18ClN5O/c1-13-9-10(12)15-7-16-11(9)14-5-8-6-17(2)3-4-18-8/h7-8,13H,3-6H2,1-2H3,(H,14,15,16). The van der Waals surface area contributed by atoms with Gasteiger partial charge in [-0.1, -0.05) is 11.6 Å². The van der Waals surface area contributed by atoms with Gasteiger partial charge in [0.25, 0.3) is 0 Å². The van der Waals surface area contributed by atoms with Gasteiger partial charge in [-0.3, -0.25) is 0 Å². The minimum atomic E-state index is 0.169. The van der Waals surface area contributed by atoms with Gasteiger partial charge in [0.15, 0.2) is 11.0 Å². The van der Waals surface area contributed by atoms with Crippen LogP contribution in [0.4, 0.5) is 11.5 Å². The van der Waals surface area contributed by atoms with E-state index < -0.39 is 0 Å². The second-order valence-electron chi connectivity index (χ2n) is 4.27. The van der Waals surface area contributed by atoms with E-state index in [1.165, 1.54) is 6.33 Å². The summed E-state index contributed by atoms with van der Waals surface area (Å²) in [6.07, 6.45) is 1.61. The first-order valence-electron chi connectivity index (χ1n) is 5.93. The van der Waals surface area contributed by atoms with E-state index in [0.717, 1.165) is 19.7 Å². The minimum absolute atomic E-state index is 0.169. The van der Waals surface area contributed by atoms with Crippen LogP contribution in [0.5, 0.6) is 0 Å². The largest absolute Gasteiger partial charge is 0.383 e.